The Morgan fingerprint density at radius 2 is 1.53 bits per heavy atom. The molecular weight excluding hydrogens is 203 g/mol. The van der Waals surface area contributed by atoms with Crippen LogP contribution in [0.25, 0.3) is 4.85 Å². The molecule has 1 aromatic carbocycles. The van der Waals surface area contributed by atoms with Crippen LogP contribution in [0.5, 0.6) is 0 Å². The summed E-state index contributed by atoms with van der Waals surface area (Å²) >= 11 is 0. The third kappa shape index (κ3) is 2.30. The van der Waals surface area contributed by atoms with Gasteiger partial charge in [-0.05, 0) is 6.07 Å². The predicted octanol–water partition coefficient (Wildman–Crippen LogP) is 3.86. The molecule has 1 rings (SSSR count). The van der Waals surface area contributed by atoms with Gasteiger partial charge in [-0.25, -0.2) is 6.57 Å². The lowest BCUT2D eigenvalue weighted by Crippen LogP contribution is -2.19. The molecule has 0 N–H and O–H groups in total. The quantitative estimate of drug-likeness (QED) is 0.624. The lowest BCUT2D eigenvalue weighted by atomic mass is 9.90. The van der Waals surface area contributed by atoms with Crippen LogP contribution in [0.2, 0.25) is 0 Å². The van der Waals surface area contributed by atoms with Crippen LogP contribution in [-0.4, -0.2) is 0 Å². The lowest BCUT2D eigenvalue weighted by molar-refractivity contribution is -0.138. The smallest absolute Gasteiger partial charge is 0.306 e. The number of hydrogen-bond donors (Lipinski definition) is 0. The Labute approximate surface area is 86.4 Å². The molecule has 0 atom stereocenters. The first-order valence-corrected chi connectivity index (χ1v) is 4.34. The van der Waals surface area contributed by atoms with Crippen molar-refractivity contribution in [1.82, 2.24) is 0 Å². The third-order valence-electron chi connectivity index (χ3n) is 2.17. The average molecular weight is 213 g/mol. The van der Waals surface area contributed by atoms with E-state index in [0.29, 0.717) is 0 Å². The number of alkyl halides is 3. The van der Waals surface area contributed by atoms with E-state index >= 15 is 0 Å². The number of rotatable bonds is 1. The Balaban J connectivity index is 3.39. The molecule has 15 heavy (non-hydrogen) atoms. The molecule has 0 amide bonds. The molecule has 0 heterocycles. The van der Waals surface area contributed by atoms with E-state index in [1.54, 1.807) is 0 Å². The normalized spacial score (nSPS) is 12.3. The van der Waals surface area contributed by atoms with Crippen molar-refractivity contribution in [3.63, 3.8) is 0 Å². The second kappa shape index (κ2) is 3.58. The molecule has 1 aromatic rings. The van der Waals surface area contributed by atoms with E-state index in [9.17, 15) is 13.2 Å². The zero-order valence-corrected chi connectivity index (χ0v) is 8.39. The maximum absolute atomic E-state index is 12.6. The summed E-state index contributed by atoms with van der Waals surface area (Å²) in [6.45, 7) is 9.86. The number of nitrogens with zero attached hydrogens (tertiary/aromatic N) is 1. The van der Waals surface area contributed by atoms with Crippen molar-refractivity contribution in [1.29, 1.82) is 0 Å². The highest BCUT2D eigenvalue weighted by Gasteiger charge is 2.40. The van der Waals surface area contributed by atoms with Crippen LogP contribution < -0.4 is 0 Å². The molecule has 0 unspecified atom stereocenters. The van der Waals surface area contributed by atoms with Crippen LogP contribution >= 0.6 is 0 Å². The van der Waals surface area contributed by atoms with E-state index in [1.165, 1.54) is 32.0 Å². The lowest BCUT2D eigenvalue weighted by Gasteiger charge is -2.17. The van der Waals surface area contributed by atoms with Gasteiger partial charge in [0, 0.05) is 19.4 Å². The first-order valence-electron chi connectivity index (χ1n) is 4.34. The summed E-state index contributed by atoms with van der Waals surface area (Å²) in [5.74, 6) is 0. The van der Waals surface area contributed by atoms with Crippen LogP contribution in [0.1, 0.15) is 25.0 Å². The van der Waals surface area contributed by atoms with E-state index in [-0.39, 0.29) is 5.56 Å². The van der Waals surface area contributed by atoms with Gasteiger partial charge in [0.05, 0.1) is 5.56 Å². The van der Waals surface area contributed by atoms with Gasteiger partial charge in [0.25, 0.3) is 5.54 Å². The van der Waals surface area contributed by atoms with Crippen LogP contribution in [0.15, 0.2) is 24.3 Å². The molecule has 0 fully saturated rings. The molecule has 0 aliphatic carbocycles. The Morgan fingerprint density at radius 1 is 1.07 bits per heavy atom. The number of halogens is 3. The van der Waals surface area contributed by atoms with Crippen molar-refractivity contribution < 1.29 is 13.2 Å². The fourth-order valence-corrected chi connectivity index (χ4v) is 1.32. The first-order chi connectivity index (χ1) is 6.79. The second-order valence-electron chi connectivity index (χ2n) is 3.71. The Bertz CT molecular complexity index is 399. The van der Waals surface area contributed by atoms with Gasteiger partial charge in [-0.1, -0.05) is 18.2 Å². The van der Waals surface area contributed by atoms with E-state index < -0.39 is 17.3 Å². The minimum absolute atomic E-state index is 0.0208. The van der Waals surface area contributed by atoms with Crippen molar-refractivity contribution in [2.45, 2.75) is 25.6 Å². The fourth-order valence-electron chi connectivity index (χ4n) is 1.32. The Morgan fingerprint density at radius 3 is 1.93 bits per heavy atom. The van der Waals surface area contributed by atoms with Crippen molar-refractivity contribution in [2.75, 3.05) is 0 Å². The topological polar surface area (TPSA) is 4.36 Å². The summed E-state index contributed by atoms with van der Waals surface area (Å²) in [6.07, 6.45) is -4.40. The van der Waals surface area contributed by atoms with E-state index in [2.05, 4.69) is 4.85 Å². The Kier molecular flexibility index (Phi) is 2.76. The largest absolute Gasteiger partial charge is 0.416 e. The molecular formula is C11H10F3N. The SMILES string of the molecule is [C-]#[N+]C(C)(C)c1ccccc1C(F)(F)F. The zero-order chi connectivity index (χ0) is 11.7. The molecule has 1 nitrogen and oxygen atoms in total. The maximum atomic E-state index is 12.6. The van der Waals surface area contributed by atoms with Crippen LogP contribution in [0, 0.1) is 6.57 Å². The summed E-state index contributed by atoms with van der Waals surface area (Å²) in [4.78, 5) is 3.21. The molecule has 0 saturated heterocycles. The zero-order valence-electron chi connectivity index (χ0n) is 8.39. The highest BCUT2D eigenvalue weighted by molar-refractivity contribution is 5.36. The van der Waals surface area contributed by atoms with Crippen LogP contribution in [0.4, 0.5) is 13.2 Å². The summed E-state index contributed by atoms with van der Waals surface area (Å²) in [5, 5.41) is 0. The molecule has 0 bridgehead atoms. The average Bonchev–Trinajstić information content (AvgIpc) is 2.16. The molecule has 0 aliphatic heterocycles. The van der Waals surface area contributed by atoms with Crippen molar-refractivity contribution >= 4 is 0 Å². The van der Waals surface area contributed by atoms with Gasteiger partial charge >= 0.3 is 6.18 Å². The first kappa shape index (κ1) is 11.6. The monoisotopic (exact) mass is 213 g/mol. The van der Waals surface area contributed by atoms with Crippen LogP contribution in [-0.2, 0) is 11.7 Å². The molecule has 0 radical (unpaired) electrons. The maximum Gasteiger partial charge on any atom is 0.416 e. The molecule has 4 heteroatoms. The molecule has 0 spiro atoms. The molecule has 0 aliphatic rings. The Hall–Kier alpha value is -1.50. The summed E-state index contributed by atoms with van der Waals surface area (Å²) in [6, 6.07) is 5.19. The summed E-state index contributed by atoms with van der Waals surface area (Å²) in [5.41, 5.74) is -1.86. The van der Waals surface area contributed by atoms with Gasteiger partial charge in [-0.3, -0.25) is 0 Å². The minimum Gasteiger partial charge on any atom is -0.306 e. The third-order valence-corrected chi connectivity index (χ3v) is 2.17. The van der Waals surface area contributed by atoms with E-state index in [4.69, 9.17) is 6.57 Å². The van der Waals surface area contributed by atoms with Gasteiger partial charge in [0.2, 0.25) is 0 Å². The highest BCUT2D eigenvalue weighted by Crippen LogP contribution is 2.37. The summed E-state index contributed by atoms with van der Waals surface area (Å²) in [7, 11) is 0. The number of benzene rings is 1. The van der Waals surface area contributed by atoms with Gasteiger partial charge in [0.15, 0.2) is 0 Å². The number of hydrogen-bond acceptors (Lipinski definition) is 0. The molecule has 0 aromatic heterocycles. The predicted molar refractivity (Wildman–Crippen MR) is 51.1 cm³/mol. The summed E-state index contributed by atoms with van der Waals surface area (Å²) < 4.78 is 37.8. The van der Waals surface area contributed by atoms with Crippen molar-refractivity contribution in [2.24, 2.45) is 0 Å². The van der Waals surface area contributed by atoms with Gasteiger partial charge in [-0.2, -0.15) is 13.2 Å². The van der Waals surface area contributed by atoms with E-state index in [0.717, 1.165) is 6.07 Å². The van der Waals surface area contributed by atoms with Crippen LogP contribution in [0.3, 0.4) is 0 Å². The standard InChI is InChI=1S/C11H10F3N/c1-10(2,15-3)8-6-4-5-7-9(8)11(12,13)14/h4-7H,1-2H3. The van der Waals surface area contributed by atoms with Gasteiger partial charge in [0.1, 0.15) is 0 Å². The van der Waals surface area contributed by atoms with E-state index in [1.807, 2.05) is 0 Å². The van der Waals surface area contributed by atoms with Crippen molar-refractivity contribution in [3.05, 3.63) is 46.8 Å². The van der Waals surface area contributed by atoms with Gasteiger partial charge in [-0.15, -0.1) is 0 Å². The second-order valence-corrected chi connectivity index (χ2v) is 3.71. The minimum atomic E-state index is -4.40. The molecule has 80 valence electrons. The van der Waals surface area contributed by atoms with Crippen molar-refractivity contribution in [3.8, 4) is 0 Å². The molecule has 0 saturated carbocycles. The highest BCUT2D eigenvalue weighted by atomic mass is 19.4. The van der Waals surface area contributed by atoms with Gasteiger partial charge < -0.3 is 4.85 Å². The fraction of sp³-hybridized carbons (Fsp3) is 0.364.